The molecule has 0 saturated heterocycles. The minimum atomic E-state index is -4.66. The van der Waals surface area contributed by atoms with E-state index in [2.05, 4.69) is 10.3 Å². The molecule has 0 aromatic heterocycles. The minimum Gasteiger partial charge on any atom is -0.493 e. The maximum atomic E-state index is 13.1. The summed E-state index contributed by atoms with van der Waals surface area (Å²) in [5.74, 6) is 0.0913. The zero-order valence-electron chi connectivity index (χ0n) is 15.1. The third kappa shape index (κ3) is 6.43. The van der Waals surface area contributed by atoms with Gasteiger partial charge in [0.2, 0.25) is 0 Å². The van der Waals surface area contributed by atoms with Crippen LogP contribution >= 0.6 is 24.0 Å². The molecule has 0 aliphatic carbocycles. The van der Waals surface area contributed by atoms with Crippen molar-refractivity contribution in [2.75, 3.05) is 14.2 Å². The number of halogens is 5. The first-order valence-electron chi connectivity index (χ1n) is 7.85. The highest BCUT2D eigenvalue weighted by Crippen LogP contribution is 2.32. The number of nitrogens with zero attached hydrogens (tertiary/aromatic N) is 1. The number of nitrogens with one attached hydrogen (secondary N) is 1. The maximum Gasteiger partial charge on any atom is 0.416 e. The molecule has 0 fully saturated rings. The number of aliphatic imine (C=N–C) groups is 1. The van der Waals surface area contributed by atoms with Crippen molar-refractivity contribution < 1.29 is 27.0 Å². The first kappa shape index (κ1) is 23.8. The van der Waals surface area contributed by atoms with Crippen LogP contribution in [-0.4, -0.2) is 20.2 Å². The van der Waals surface area contributed by atoms with Gasteiger partial charge in [-0.25, -0.2) is 9.38 Å². The number of methoxy groups -OCH3 is 2. The van der Waals surface area contributed by atoms with Gasteiger partial charge in [0.1, 0.15) is 5.82 Å². The predicted octanol–water partition coefficient (Wildman–Crippen LogP) is 4.08. The van der Waals surface area contributed by atoms with Gasteiger partial charge < -0.3 is 20.5 Å². The molecule has 0 saturated carbocycles. The van der Waals surface area contributed by atoms with Crippen LogP contribution in [0.4, 0.5) is 17.6 Å². The summed E-state index contributed by atoms with van der Waals surface area (Å²) < 4.78 is 62.4. The van der Waals surface area contributed by atoms with Gasteiger partial charge in [-0.1, -0.05) is 12.1 Å². The van der Waals surface area contributed by atoms with Crippen LogP contribution in [0.2, 0.25) is 0 Å². The van der Waals surface area contributed by atoms with E-state index < -0.39 is 17.6 Å². The third-order valence-electron chi connectivity index (χ3n) is 3.72. The number of nitrogens with two attached hydrogens (primary N) is 1. The summed E-state index contributed by atoms with van der Waals surface area (Å²) in [5, 5.41) is 2.60. The number of benzene rings is 2. The fourth-order valence-corrected chi connectivity index (χ4v) is 2.36. The van der Waals surface area contributed by atoms with Crippen LogP contribution in [0.15, 0.2) is 41.4 Å². The molecule has 0 radical (unpaired) electrons. The lowest BCUT2D eigenvalue weighted by Gasteiger charge is -2.14. The second-order valence-corrected chi connectivity index (χ2v) is 5.54. The molecular formula is C18H20F4IN3O2. The molecule has 0 unspecified atom stereocenters. The monoisotopic (exact) mass is 513 g/mol. The summed E-state index contributed by atoms with van der Waals surface area (Å²) >= 11 is 0. The Bertz CT molecular complexity index is 829. The zero-order chi connectivity index (χ0) is 20.0. The van der Waals surface area contributed by atoms with Crippen molar-refractivity contribution in [1.29, 1.82) is 0 Å². The van der Waals surface area contributed by atoms with Gasteiger partial charge in [-0.2, -0.15) is 13.2 Å². The van der Waals surface area contributed by atoms with Gasteiger partial charge in [-0.3, -0.25) is 0 Å². The van der Waals surface area contributed by atoms with E-state index in [1.165, 1.54) is 14.2 Å². The molecule has 10 heteroatoms. The summed E-state index contributed by atoms with van der Waals surface area (Å²) in [6.07, 6.45) is -4.66. The predicted molar refractivity (Wildman–Crippen MR) is 109 cm³/mol. The van der Waals surface area contributed by atoms with Gasteiger partial charge in [-0.15, -0.1) is 24.0 Å². The Labute approximate surface area is 176 Å². The maximum absolute atomic E-state index is 13.1. The van der Waals surface area contributed by atoms with Crippen LogP contribution in [0.5, 0.6) is 11.5 Å². The quantitative estimate of drug-likeness (QED) is 0.265. The molecule has 3 N–H and O–H groups in total. The molecule has 2 rings (SSSR count). The first-order valence-corrected chi connectivity index (χ1v) is 7.85. The van der Waals surface area contributed by atoms with Crippen LogP contribution in [0.25, 0.3) is 0 Å². The summed E-state index contributed by atoms with van der Waals surface area (Å²) in [6, 6.07) is 7.67. The largest absolute Gasteiger partial charge is 0.493 e. The molecule has 0 spiro atoms. The van der Waals surface area contributed by atoms with E-state index in [1.807, 2.05) is 0 Å². The average molecular weight is 513 g/mol. The Morgan fingerprint density at radius 1 is 1.07 bits per heavy atom. The first-order chi connectivity index (χ1) is 12.7. The molecule has 0 aliphatic rings. The SMILES string of the molecule is COc1ccc(CN=C(N)NCc2ccc(F)cc2C(F)(F)F)cc1OC.I. The van der Waals surface area contributed by atoms with E-state index in [0.29, 0.717) is 17.6 Å². The number of ether oxygens (including phenoxy) is 2. The van der Waals surface area contributed by atoms with E-state index in [1.54, 1.807) is 18.2 Å². The Morgan fingerprint density at radius 2 is 1.75 bits per heavy atom. The van der Waals surface area contributed by atoms with Crippen molar-refractivity contribution in [3.63, 3.8) is 0 Å². The van der Waals surface area contributed by atoms with E-state index in [-0.39, 0.29) is 48.6 Å². The molecule has 28 heavy (non-hydrogen) atoms. The number of hydrogen-bond donors (Lipinski definition) is 2. The standard InChI is InChI=1S/C18H19F4N3O2.HI/c1-26-15-6-3-11(7-16(15)27-2)9-24-17(23)25-10-12-4-5-13(19)8-14(12)18(20,21)22;/h3-8H,9-10H2,1-2H3,(H3,23,24,25);1H. The van der Waals surface area contributed by atoms with E-state index in [9.17, 15) is 17.6 Å². The summed E-state index contributed by atoms with van der Waals surface area (Å²) in [6.45, 7) is -0.0505. The van der Waals surface area contributed by atoms with Crippen molar-refractivity contribution in [2.24, 2.45) is 10.7 Å². The summed E-state index contributed by atoms with van der Waals surface area (Å²) in [7, 11) is 3.02. The molecule has 0 atom stereocenters. The van der Waals surface area contributed by atoms with Crippen molar-refractivity contribution in [2.45, 2.75) is 19.3 Å². The number of alkyl halides is 3. The van der Waals surface area contributed by atoms with Crippen molar-refractivity contribution in [3.05, 3.63) is 58.9 Å². The van der Waals surface area contributed by atoms with E-state index in [0.717, 1.165) is 17.7 Å². The van der Waals surface area contributed by atoms with Gasteiger partial charge in [0.15, 0.2) is 17.5 Å². The second-order valence-electron chi connectivity index (χ2n) is 5.54. The molecule has 0 bridgehead atoms. The van der Waals surface area contributed by atoms with Gasteiger partial charge >= 0.3 is 6.18 Å². The van der Waals surface area contributed by atoms with Gasteiger partial charge in [0.25, 0.3) is 0 Å². The molecular weight excluding hydrogens is 493 g/mol. The van der Waals surface area contributed by atoms with Crippen LogP contribution in [0, 0.1) is 5.82 Å². The Hall–Kier alpha value is -2.24. The van der Waals surface area contributed by atoms with Crippen molar-refractivity contribution in [3.8, 4) is 11.5 Å². The highest BCUT2D eigenvalue weighted by Gasteiger charge is 2.33. The highest BCUT2D eigenvalue weighted by atomic mass is 127. The Kier molecular flexibility index (Phi) is 8.79. The second kappa shape index (κ2) is 10.3. The highest BCUT2D eigenvalue weighted by molar-refractivity contribution is 14.0. The molecule has 0 amide bonds. The number of guanidine groups is 1. The molecule has 2 aromatic carbocycles. The van der Waals surface area contributed by atoms with Gasteiger partial charge in [0, 0.05) is 6.54 Å². The van der Waals surface area contributed by atoms with Gasteiger partial charge in [-0.05, 0) is 35.4 Å². The smallest absolute Gasteiger partial charge is 0.416 e. The summed E-state index contributed by atoms with van der Waals surface area (Å²) in [4.78, 5) is 4.08. The molecule has 0 aliphatic heterocycles. The zero-order valence-corrected chi connectivity index (χ0v) is 17.5. The van der Waals surface area contributed by atoms with Crippen molar-refractivity contribution in [1.82, 2.24) is 5.32 Å². The Balaban J connectivity index is 0.00000392. The van der Waals surface area contributed by atoms with E-state index >= 15 is 0 Å². The average Bonchev–Trinajstić information content (AvgIpc) is 2.64. The molecule has 2 aromatic rings. The lowest BCUT2D eigenvalue weighted by Crippen LogP contribution is -2.32. The third-order valence-corrected chi connectivity index (χ3v) is 3.72. The fourth-order valence-electron chi connectivity index (χ4n) is 2.36. The van der Waals surface area contributed by atoms with Crippen LogP contribution in [-0.2, 0) is 19.3 Å². The summed E-state index contributed by atoms with van der Waals surface area (Å²) in [5.41, 5.74) is 5.30. The minimum absolute atomic E-state index is 0. The molecule has 5 nitrogen and oxygen atoms in total. The molecule has 154 valence electrons. The fraction of sp³-hybridized carbons (Fsp3) is 0.278. The van der Waals surface area contributed by atoms with Gasteiger partial charge in [0.05, 0.1) is 26.3 Å². The number of rotatable bonds is 6. The lowest BCUT2D eigenvalue weighted by molar-refractivity contribution is -0.138. The topological polar surface area (TPSA) is 68.9 Å². The van der Waals surface area contributed by atoms with Crippen molar-refractivity contribution >= 4 is 29.9 Å². The van der Waals surface area contributed by atoms with Crippen LogP contribution in [0.3, 0.4) is 0 Å². The Morgan fingerprint density at radius 3 is 2.36 bits per heavy atom. The normalized spacial score (nSPS) is 11.6. The number of hydrogen-bond acceptors (Lipinski definition) is 3. The molecule has 0 heterocycles. The van der Waals surface area contributed by atoms with E-state index in [4.69, 9.17) is 15.2 Å². The van der Waals surface area contributed by atoms with Crippen LogP contribution < -0.4 is 20.5 Å². The lowest BCUT2D eigenvalue weighted by atomic mass is 10.1. The van der Waals surface area contributed by atoms with Crippen LogP contribution in [0.1, 0.15) is 16.7 Å².